The van der Waals surface area contributed by atoms with Crippen LogP contribution in [0.25, 0.3) is 0 Å². The van der Waals surface area contributed by atoms with Crippen molar-refractivity contribution in [2.75, 3.05) is 19.8 Å². The molecule has 2 N–H and O–H groups in total. The zero-order chi connectivity index (χ0) is 23.6. The summed E-state index contributed by atoms with van der Waals surface area (Å²) in [6.45, 7) is 8.32. The van der Waals surface area contributed by atoms with Crippen molar-refractivity contribution in [2.24, 2.45) is 17.8 Å². The highest BCUT2D eigenvalue weighted by Crippen LogP contribution is 2.60. The van der Waals surface area contributed by atoms with E-state index in [1.54, 1.807) is 6.92 Å². The fraction of sp³-hybridized carbons (Fsp3) is 0.870. The van der Waals surface area contributed by atoms with E-state index in [1.165, 1.54) is 4.90 Å². The molecule has 3 aliphatic heterocycles. The van der Waals surface area contributed by atoms with Crippen molar-refractivity contribution in [3.63, 3.8) is 0 Å². The number of fused-ring (bicyclic) bond motifs is 1. The molecule has 3 aliphatic rings. The summed E-state index contributed by atoms with van der Waals surface area (Å²) in [6.07, 6.45) is 3.38. The Morgan fingerprint density at radius 3 is 2.66 bits per heavy atom. The van der Waals surface area contributed by atoms with Crippen molar-refractivity contribution in [3.05, 3.63) is 0 Å². The third-order valence-corrected chi connectivity index (χ3v) is 7.81. The Hall–Kier alpha value is -1.19. The summed E-state index contributed by atoms with van der Waals surface area (Å²) in [5, 5.41) is 13.2. The first-order valence-corrected chi connectivity index (χ1v) is 12.8. The lowest BCUT2D eigenvalue weighted by molar-refractivity contribution is -0.155. The number of carbonyl (C=O) groups is 3. The molecule has 9 heteroatoms. The number of carbonyl (C=O) groups excluding carboxylic acids is 3. The number of aliphatic hydroxyl groups is 1. The molecule has 8 nitrogen and oxygen atoms in total. The van der Waals surface area contributed by atoms with Gasteiger partial charge in [0.05, 0.1) is 37.2 Å². The third kappa shape index (κ3) is 4.32. The second-order valence-electron chi connectivity index (χ2n) is 9.63. The lowest BCUT2D eigenvalue weighted by Gasteiger charge is -2.37. The van der Waals surface area contributed by atoms with E-state index in [-0.39, 0.29) is 35.8 Å². The molecule has 0 radical (unpaired) electrons. The Labute approximate surface area is 198 Å². The fourth-order valence-electron chi connectivity index (χ4n) is 5.77. The van der Waals surface area contributed by atoms with Crippen LogP contribution in [0.2, 0.25) is 0 Å². The number of esters is 1. The molecule has 3 unspecified atom stereocenters. The highest BCUT2D eigenvalue weighted by atomic mass is 79.9. The molecule has 7 atom stereocenters. The number of hydrogen-bond acceptors (Lipinski definition) is 6. The third-order valence-electron chi connectivity index (χ3n) is 6.96. The van der Waals surface area contributed by atoms with Crippen molar-refractivity contribution in [1.82, 2.24) is 10.2 Å². The highest BCUT2D eigenvalue weighted by molar-refractivity contribution is 9.09. The van der Waals surface area contributed by atoms with Crippen LogP contribution in [-0.4, -0.2) is 76.2 Å². The van der Waals surface area contributed by atoms with Crippen LogP contribution in [0.1, 0.15) is 59.8 Å². The molecule has 3 heterocycles. The van der Waals surface area contributed by atoms with Gasteiger partial charge in [-0.2, -0.15) is 0 Å². The predicted octanol–water partition coefficient (Wildman–Crippen LogP) is 2.01. The smallest absolute Gasteiger partial charge is 0.312 e. The second kappa shape index (κ2) is 10.4. The zero-order valence-electron chi connectivity index (χ0n) is 19.5. The minimum Gasteiger partial charge on any atom is -0.466 e. The molecule has 3 fully saturated rings. The largest absolute Gasteiger partial charge is 0.466 e. The van der Waals surface area contributed by atoms with Gasteiger partial charge in [0.2, 0.25) is 11.8 Å². The van der Waals surface area contributed by atoms with Crippen LogP contribution < -0.4 is 5.32 Å². The summed E-state index contributed by atoms with van der Waals surface area (Å²) < 4.78 is 11.7. The SMILES string of the molecule is CCCCCNC(=O)C1N([C@@H](CO)CC(C)C)C(=O)[C@@H]2[C@H](C(=O)OCC)[C@H]3OC12CC3Br. The van der Waals surface area contributed by atoms with E-state index < -0.39 is 41.6 Å². The summed E-state index contributed by atoms with van der Waals surface area (Å²) >= 11 is 3.63. The van der Waals surface area contributed by atoms with E-state index in [2.05, 4.69) is 28.2 Å². The summed E-state index contributed by atoms with van der Waals surface area (Å²) in [5.74, 6) is -2.36. The first-order valence-electron chi connectivity index (χ1n) is 11.9. The number of aliphatic hydroxyl groups excluding tert-OH is 1. The van der Waals surface area contributed by atoms with Crippen LogP contribution >= 0.6 is 15.9 Å². The lowest BCUT2D eigenvalue weighted by atomic mass is 9.70. The molecule has 2 bridgehead atoms. The van der Waals surface area contributed by atoms with E-state index >= 15 is 0 Å². The number of ether oxygens (including phenoxy) is 2. The summed E-state index contributed by atoms with van der Waals surface area (Å²) in [7, 11) is 0. The minimum atomic E-state index is -1.10. The molecule has 1 spiro atoms. The molecule has 0 aliphatic carbocycles. The van der Waals surface area contributed by atoms with Crippen molar-refractivity contribution in [1.29, 1.82) is 0 Å². The number of nitrogens with zero attached hydrogens (tertiary/aromatic N) is 1. The van der Waals surface area contributed by atoms with E-state index in [0.29, 0.717) is 19.4 Å². The van der Waals surface area contributed by atoms with E-state index in [9.17, 15) is 19.5 Å². The molecule has 32 heavy (non-hydrogen) atoms. The summed E-state index contributed by atoms with van der Waals surface area (Å²) in [6, 6.07) is -1.41. The van der Waals surface area contributed by atoms with E-state index in [4.69, 9.17) is 9.47 Å². The fourth-order valence-corrected chi connectivity index (χ4v) is 6.71. The lowest BCUT2D eigenvalue weighted by Crippen LogP contribution is -2.58. The quantitative estimate of drug-likeness (QED) is 0.247. The second-order valence-corrected chi connectivity index (χ2v) is 10.8. The van der Waals surface area contributed by atoms with Crippen LogP contribution in [0, 0.1) is 17.8 Å². The van der Waals surface area contributed by atoms with Gasteiger partial charge in [0.25, 0.3) is 0 Å². The Bertz CT molecular complexity index is 719. The molecule has 2 amide bonds. The molecule has 3 saturated heterocycles. The van der Waals surface area contributed by atoms with Crippen LogP contribution in [0.15, 0.2) is 0 Å². The predicted molar refractivity (Wildman–Crippen MR) is 122 cm³/mol. The Morgan fingerprint density at radius 1 is 1.34 bits per heavy atom. The maximum atomic E-state index is 13.8. The number of nitrogens with one attached hydrogen (secondary N) is 1. The van der Waals surface area contributed by atoms with Crippen molar-refractivity contribution >= 4 is 33.7 Å². The first kappa shape index (κ1) is 25.4. The number of amides is 2. The van der Waals surface area contributed by atoms with Gasteiger partial charge >= 0.3 is 5.97 Å². The normalized spacial score (nSPS) is 34.2. The monoisotopic (exact) mass is 516 g/mol. The van der Waals surface area contributed by atoms with Gasteiger partial charge in [0.1, 0.15) is 11.6 Å². The van der Waals surface area contributed by atoms with E-state index in [0.717, 1.165) is 19.3 Å². The van der Waals surface area contributed by atoms with Gasteiger partial charge in [-0.15, -0.1) is 0 Å². The molecule has 0 saturated carbocycles. The Balaban J connectivity index is 1.99. The van der Waals surface area contributed by atoms with Gasteiger partial charge < -0.3 is 24.8 Å². The van der Waals surface area contributed by atoms with Gasteiger partial charge in [-0.3, -0.25) is 14.4 Å². The van der Waals surface area contributed by atoms with Crippen LogP contribution in [0.3, 0.4) is 0 Å². The highest BCUT2D eigenvalue weighted by Gasteiger charge is 2.77. The van der Waals surface area contributed by atoms with Gasteiger partial charge in [-0.25, -0.2) is 0 Å². The number of likely N-dealkylation sites (tertiary alicyclic amines) is 1. The number of hydrogen-bond donors (Lipinski definition) is 2. The van der Waals surface area contributed by atoms with Crippen LogP contribution in [0.5, 0.6) is 0 Å². The van der Waals surface area contributed by atoms with Crippen LogP contribution in [0.4, 0.5) is 0 Å². The van der Waals surface area contributed by atoms with Gasteiger partial charge in [0.15, 0.2) is 0 Å². The Kier molecular flexibility index (Phi) is 8.25. The topological polar surface area (TPSA) is 105 Å². The van der Waals surface area contributed by atoms with E-state index in [1.807, 2.05) is 13.8 Å². The summed E-state index contributed by atoms with van der Waals surface area (Å²) in [5.41, 5.74) is -1.10. The molecular weight excluding hydrogens is 480 g/mol. The minimum absolute atomic E-state index is 0.158. The van der Waals surface area contributed by atoms with Crippen LogP contribution in [-0.2, 0) is 23.9 Å². The number of halogens is 1. The van der Waals surface area contributed by atoms with Crippen molar-refractivity contribution in [2.45, 2.75) is 88.4 Å². The first-order chi connectivity index (χ1) is 15.2. The summed E-state index contributed by atoms with van der Waals surface area (Å²) in [4.78, 5) is 41.5. The Morgan fingerprint density at radius 2 is 2.06 bits per heavy atom. The van der Waals surface area contributed by atoms with Gasteiger partial charge in [-0.05, 0) is 32.1 Å². The molecule has 0 aromatic carbocycles. The van der Waals surface area contributed by atoms with Crippen molar-refractivity contribution in [3.8, 4) is 0 Å². The van der Waals surface area contributed by atoms with Gasteiger partial charge in [0, 0.05) is 11.4 Å². The number of alkyl halides is 1. The average Bonchev–Trinajstić information content (AvgIpc) is 3.33. The maximum Gasteiger partial charge on any atom is 0.312 e. The number of rotatable bonds is 11. The average molecular weight is 517 g/mol. The number of unbranched alkanes of at least 4 members (excludes halogenated alkanes) is 2. The molecule has 0 aromatic heterocycles. The molecular formula is C23H37BrN2O6. The van der Waals surface area contributed by atoms with Crippen molar-refractivity contribution < 1.29 is 29.0 Å². The maximum absolute atomic E-state index is 13.8. The standard InChI is InChI=1S/C23H37BrN2O6/c1-5-7-8-9-25-20(28)19-23-11-15(24)18(32-23)16(22(30)31-6-2)17(23)21(29)26(19)14(12-27)10-13(3)4/h13-19,27H,5-12H2,1-4H3,(H,25,28)/t14-,15?,16+,17+,18+,19?,23?/m1/s1. The molecule has 182 valence electrons. The van der Waals surface area contributed by atoms with Gasteiger partial charge in [-0.1, -0.05) is 49.5 Å². The zero-order valence-corrected chi connectivity index (χ0v) is 21.1. The molecule has 0 aromatic rings. The molecule has 3 rings (SSSR count).